The number of benzene rings is 1. The zero-order chi connectivity index (χ0) is 21.6. The lowest BCUT2D eigenvalue weighted by atomic mass is 9.91. The van der Waals surface area contributed by atoms with Crippen molar-refractivity contribution in [1.82, 2.24) is 0 Å². The minimum absolute atomic E-state index is 0.139. The van der Waals surface area contributed by atoms with Gasteiger partial charge in [-0.3, -0.25) is 4.79 Å². The summed E-state index contributed by atoms with van der Waals surface area (Å²) in [4.78, 5) is 11.1. The zero-order valence-corrected chi connectivity index (χ0v) is 16.0. The summed E-state index contributed by atoms with van der Waals surface area (Å²) in [6.45, 7) is 3.71. The van der Waals surface area contributed by atoms with Crippen molar-refractivity contribution >= 4 is 5.97 Å². The molecule has 0 amide bonds. The van der Waals surface area contributed by atoms with Crippen molar-refractivity contribution in [3.8, 4) is 11.5 Å². The van der Waals surface area contributed by atoms with Crippen molar-refractivity contribution in [2.75, 3.05) is 13.2 Å². The molecule has 0 radical (unpaired) electrons. The lowest BCUT2D eigenvalue weighted by Gasteiger charge is -2.40. The van der Waals surface area contributed by atoms with E-state index in [2.05, 4.69) is 6.58 Å². The van der Waals surface area contributed by atoms with Crippen LogP contribution < -0.4 is 9.47 Å². The van der Waals surface area contributed by atoms with E-state index in [0.717, 1.165) is 5.57 Å². The maximum absolute atomic E-state index is 11.1. The minimum Gasteiger partial charge on any atom is -0.481 e. The summed E-state index contributed by atoms with van der Waals surface area (Å²) in [5, 5.41) is 48.9. The van der Waals surface area contributed by atoms with Gasteiger partial charge in [-0.25, -0.2) is 0 Å². The van der Waals surface area contributed by atoms with Crippen LogP contribution in [0.5, 0.6) is 11.5 Å². The van der Waals surface area contributed by atoms with Gasteiger partial charge in [0.25, 0.3) is 0 Å². The molecule has 10 nitrogen and oxygen atoms in total. The smallest absolute Gasteiger partial charge is 0.303 e. The van der Waals surface area contributed by atoms with E-state index in [9.17, 15) is 25.2 Å². The summed E-state index contributed by atoms with van der Waals surface area (Å²) < 4.78 is 22.8. The highest BCUT2D eigenvalue weighted by Gasteiger charge is 2.48. The monoisotopic (exact) mass is 424 g/mol. The summed E-state index contributed by atoms with van der Waals surface area (Å²) >= 11 is 0. The molecule has 0 aliphatic carbocycles. The van der Waals surface area contributed by atoms with Gasteiger partial charge in [-0.2, -0.15) is 0 Å². The standard InChI is InChI=1S/C20H24O10/c1-8-7-27-19-13(8)14-10(28-19)4-2-9(3-5-12(22)23)18(14)30-20-17(26)16(25)15(24)11(6-21)29-20/h2,4,11,13,15-17,19-21,24-26H,1,3,5-7H2,(H,22,23)/t11-,13+,15-,16+,17-,19-,20+/m1/s1. The van der Waals surface area contributed by atoms with E-state index in [1.165, 1.54) is 0 Å². The first-order chi connectivity index (χ1) is 14.3. The van der Waals surface area contributed by atoms with Crippen LogP contribution in [0.15, 0.2) is 24.3 Å². The van der Waals surface area contributed by atoms with Gasteiger partial charge in [0.05, 0.1) is 24.7 Å². The molecule has 3 aliphatic rings. The highest BCUT2D eigenvalue weighted by atomic mass is 16.7. The van der Waals surface area contributed by atoms with E-state index in [1.54, 1.807) is 12.1 Å². The third-order valence-electron chi connectivity index (χ3n) is 5.63. The van der Waals surface area contributed by atoms with E-state index in [-0.39, 0.29) is 24.5 Å². The number of carboxylic acid groups (broad SMARTS) is 1. The highest BCUT2D eigenvalue weighted by molar-refractivity contribution is 5.68. The van der Waals surface area contributed by atoms with Gasteiger partial charge in [-0.15, -0.1) is 0 Å². The second-order valence-corrected chi connectivity index (χ2v) is 7.61. The number of hydrogen-bond acceptors (Lipinski definition) is 9. The van der Waals surface area contributed by atoms with Crippen molar-refractivity contribution < 1.29 is 49.3 Å². The quantitative estimate of drug-likeness (QED) is 0.369. The van der Waals surface area contributed by atoms with Crippen LogP contribution in [0.25, 0.3) is 0 Å². The Labute approximate surface area is 171 Å². The largest absolute Gasteiger partial charge is 0.481 e. The van der Waals surface area contributed by atoms with Crippen molar-refractivity contribution in [1.29, 1.82) is 0 Å². The summed E-state index contributed by atoms with van der Waals surface area (Å²) in [5.41, 5.74) is 1.90. The molecule has 4 rings (SSSR count). The summed E-state index contributed by atoms with van der Waals surface area (Å²) in [6.07, 6.45) is -7.88. The molecule has 164 valence electrons. The Hall–Kier alpha value is -2.21. The molecule has 30 heavy (non-hydrogen) atoms. The Morgan fingerprint density at radius 1 is 1.20 bits per heavy atom. The lowest BCUT2D eigenvalue weighted by molar-refractivity contribution is -0.277. The molecule has 0 saturated carbocycles. The number of aliphatic carboxylic acids is 1. The van der Waals surface area contributed by atoms with Crippen LogP contribution in [-0.2, 0) is 20.7 Å². The van der Waals surface area contributed by atoms with E-state index in [4.69, 9.17) is 24.1 Å². The fourth-order valence-corrected chi connectivity index (χ4v) is 4.02. The van der Waals surface area contributed by atoms with E-state index < -0.39 is 49.6 Å². The predicted octanol–water partition coefficient (Wildman–Crippen LogP) is -0.729. The molecule has 5 N–H and O–H groups in total. The molecule has 2 fully saturated rings. The van der Waals surface area contributed by atoms with Crippen molar-refractivity contribution in [2.45, 2.75) is 55.8 Å². The molecule has 3 aliphatic heterocycles. The predicted molar refractivity (Wildman–Crippen MR) is 99.0 cm³/mol. The third kappa shape index (κ3) is 3.55. The average Bonchev–Trinajstić information content (AvgIpc) is 3.26. The molecule has 1 aromatic carbocycles. The Morgan fingerprint density at radius 3 is 2.67 bits per heavy atom. The van der Waals surface area contributed by atoms with Crippen LogP contribution in [-0.4, -0.2) is 81.7 Å². The molecule has 0 aromatic heterocycles. The van der Waals surface area contributed by atoms with Crippen LogP contribution in [0, 0.1) is 0 Å². The van der Waals surface area contributed by atoms with Crippen molar-refractivity contribution in [3.63, 3.8) is 0 Å². The molecular weight excluding hydrogens is 400 g/mol. The molecular formula is C20H24O10. The highest BCUT2D eigenvalue weighted by Crippen LogP contribution is 2.52. The molecule has 1 aromatic rings. The maximum atomic E-state index is 11.1. The first-order valence-corrected chi connectivity index (χ1v) is 9.62. The van der Waals surface area contributed by atoms with Gasteiger partial charge in [0.15, 0.2) is 0 Å². The van der Waals surface area contributed by atoms with Gasteiger partial charge in [-0.05, 0) is 23.6 Å². The Morgan fingerprint density at radius 2 is 1.97 bits per heavy atom. The average molecular weight is 424 g/mol. The van der Waals surface area contributed by atoms with Crippen LogP contribution in [0.4, 0.5) is 0 Å². The third-order valence-corrected chi connectivity index (χ3v) is 5.63. The normalized spacial score (nSPS) is 34.9. The Kier molecular flexibility index (Phi) is 5.71. The van der Waals surface area contributed by atoms with E-state index in [0.29, 0.717) is 23.5 Å². The van der Waals surface area contributed by atoms with Gasteiger partial charge in [0, 0.05) is 6.42 Å². The number of rotatable bonds is 6. The topological polar surface area (TPSA) is 155 Å². The number of hydrogen-bond donors (Lipinski definition) is 5. The van der Waals surface area contributed by atoms with Gasteiger partial charge in [0.1, 0.15) is 35.9 Å². The van der Waals surface area contributed by atoms with Gasteiger partial charge in [0.2, 0.25) is 12.6 Å². The van der Waals surface area contributed by atoms with Crippen molar-refractivity contribution in [2.24, 2.45) is 0 Å². The van der Waals surface area contributed by atoms with Gasteiger partial charge < -0.3 is 44.5 Å². The van der Waals surface area contributed by atoms with E-state index >= 15 is 0 Å². The molecule has 0 bridgehead atoms. The molecule has 3 heterocycles. The second kappa shape index (κ2) is 8.14. The molecule has 10 heteroatoms. The minimum atomic E-state index is -1.60. The first kappa shape index (κ1) is 21.0. The molecule has 0 spiro atoms. The zero-order valence-electron chi connectivity index (χ0n) is 16.0. The summed E-state index contributed by atoms with van der Waals surface area (Å²) in [7, 11) is 0. The fourth-order valence-electron chi connectivity index (χ4n) is 4.02. The lowest BCUT2D eigenvalue weighted by Crippen LogP contribution is -2.60. The SMILES string of the molecule is C=C1CO[C@@H]2Oc3ccc(CCC(=O)O)c(O[C@@H]4O[C@H](CO)[C@@H](O)[C@H](O)[C@H]4O)c3[C@H]12. The van der Waals surface area contributed by atoms with Crippen molar-refractivity contribution in [3.05, 3.63) is 35.4 Å². The van der Waals surface area contributed by atoms with Gasteiger partial charge in [-0.1, -0.05) is 12.6 Å². The molecule has 7 atom stereocenters. The number of fused-ring (bicyclic) bond motifs is 3. The van der Waals surface area contributed by atoms with Crippen LogP contribution >= 0.6 is 0 Å². The van der Waals surface area contributed by atoms with Crippen LogP contribution in [0.3, 0.4) is 0 Å². The second-order valence-electron chi connectivity index (χ2n) is 7.61. The van der Waals surface area contributed by atoms with Crippen LogP contribution in [0.1, 0.15) is 23.5 Å². The summed E-state index contributed by atoms with van der Waals surface area (Å²) in [6, 6.07) is 3.35. The Bertz CT molecular complexity index is 837. The number of carbonyl (C=O) groups is 1. The maximum Gasteiger partial charge on any atom is 0.303 e. The first-order valence-electron chi connectivity index (χ1n) is 9.62. The summed E-state index contributed by atoms with van der Waals surface area (Å²) in [5.74, 6) is -0.608. The fraction of sp³-hybridized carbons (Fsp3) is 0.550. The number of carboxylic acids is 1. The van der Waals surface area contributed by atoms with E-state index in [1.807, 2.05) is 0 Å². The number of aryl methyl sites for hydroxylation is 1. The number of aliphatic hydroxyl groups excluding tert-OH is 4. The van der Waals surface area contributed by atoms with Gasteiger partial charge >= 0.3 is 5.97 Å². The molecule has 0 unspecified atom stereocenters. The van der Waals surface area contributed by atoms with Crippen LogP contribution in [0.2, 0.25) is 0 Å². The Balaban J connectivity index is 1.71. The number of ether oxygens (including phenoxy) is 4. The molecule has 2 saturated heterocycles. The number of aliphatic hydroxyl groups is 4.